The number of hydrogen-bond donors (Lipinski definition) is 1. The van der Waals surface area contributed by atoms with Gasteiger partial charge in [0.25, 0.3) is 0 Å². The molecule has 0 radical (unpaired) electrons. The number of carbonyl (C=O) groups is 1. The van der Waals surface area contributed by atoms with E-state index in [9.17, 15) is 4.79 Å². The maximum absolute atomic E-state index is 11.8. The van der Waals surface area contributed by atoms with Crippen LogP contribution in [-0.4, -0.2) is 74.0 Å². The van der Waals surface area contributed by atoms with Crippen molar-refractivity contribution < 1.29 is 4.79 Å². The molecule has 5 heteroatoms. The third kappa shape index (κ3) is 8.07. The lowest BCUT2D eigenvalue weighted by atomic mass is 9.91. The summed E-state index contributed by atoms with van der Waals surface area (Å²) in [6.07, 6.45) is 6.43. The quantitative estimate of drug-likeness (QED) is 0.705. The summed E-state index contributed by atoms with van der Waals surface area (Å²) in [5, 5.41) is 3.00. The van der Waals surface area contributed by atoms with Crippen LogP contribution < -0.4 is 5.32 Å². The number of amides is 1. The Labute approximate surface area is 135 Å². The molecule has 1 aliphatic rings. The number of nitrogens with zero attached hydrogens (tertiary/aromatic N) is 2. The minimum Gasteiger partial charge on any atom is -0.355 e. The molecule has 1 amide bonds. The van der Waals surface area contributed by atoms with Crippen LogP contribution in [0.4, 0.5) is 0 Å². The molecule has 0 spiro atoms. The molecule has 0 aromatic carbocycles. The van der Waals surface area contributed by atoms with E-state index in [-0.39, 0.29) is 5.91 Å². The van der Waals surface area contributed by atoms with Crippen molar-refractivity contribution in [3.63, 3.8) is 0 Å². The van der Waals surface area contributed by atoms with E-state index in [1.807, 2.05) is 25.9 Å². The topological polar surface area (TPSA) is 35.6 Å². The van der Waals surface area contributed by atoms with E-state index < -0.39 is 0 Å². The Morgan fingerprint density at radius 1 is 1.38 bits per heavy atom. The summed E-state index contributed by atoms with van der Waals surface area (Å²) in [4.78, 5) is 16.5. The number of rotatable bonds is 9. The minimum atomic E-state index is 0.218. The van der Waals surface area contributed by atoms with Crippen LogP contribution >= 0.6 is 11.8 Å². The first-order valence-corrected chi connectivity index (χ1v) is 9.56. The molecular formula is C16H33N3OS. The van der Waals surface area contributed by atoms with Gasteiger partial charge in [0.1, 0.15) is 0 Å². The van der Waals surface area contributed by atoms with E-state index >= 15 is 0 Å². The van der Waals surface area contributed by atoms with E-state index in [1.165, 1.54) is 31.7 Å². The van der Waals surface area contributed by atoms with Crippen LogP contribution in [0.1, 0.15) is 32.6 Å². The van der Waals surface area contributed by atoms with Crippen LogP contribution in [-0.2, 0) is 4.79 Å². The average molecular weight is 316 g/mol. The molecular weight excluding hydrogens is 282 g/mol. The first-order chi connectivity index (χ1) is 10.0. The van der Waals surface area contributed by atoms with Crippen molar-refractivity contribution in [1.29, 1.82) is 0 Å². The van der Waals surface area contributed by atoms with Crippen molar-refractivity contribution in [3.05, 3.63) is 0 Å². The summed E-state index contributed by atoms with van der Waals surface area (Å²) in [6.45, 7) is 6.41. The van der Waals surface area contributed by atoms with Crippen LogP contribution in [0.2, 0.25) is 0 Å². The molecule has 1 fully saturated rings. The lowest BCUT2D eigenvalue weighted by molar-refractivity contribution is -0.121. The summed E-state index contributed by atoms with van der Waals surface area (Å²) in [5.74, 6) is 2.18. The number of hydrogen-bond acceptors (Lipinski definition) is 4. The summed E-state index contributed by atoms with van der Waals surface area (Å²) >= 11 is 1.93. The molecule has 1 saturated heterocycles. The Kier molecular flexibility index (Phi) is 9.36. The predicted molar refractivity (Wildman–Crippen MR) is 92.9 cm³/mol. The fraction of sp³-hybridized carbons (Fsp3) is 0.938. The van der Waals surface area contributed by atoms with Crippen LogP contribution in [0.3, 0.4) is 0 Å². The van der Waals surface area contributed by atoms with Crippen molar-refractivity contribution in [3.8, 4) is 0 Å². The highest BCUT2D eigenvalue weighted by Crippen LogP contribution is 2.23. The number of thioether (sulfide) groups is 1. The van der Waals surface area contributed by atoms with Crippen molar-refractivity contribution >= 4 is 17.7 Å². The Morgan fingerprint density at radius 2 is 2.05 bits per heavy atom. The molecule has 1 N–H and O–H groups in total. The molecule has 21 heavy (non-hydrogen) atoms. The molecule has 1 rings (SSSR count). The van der Waals surface area contributed by atoms with E-state index in [0.29, 0.717) is 12.5 Å². The lowest BCUT2D eigenvalue weighted by Gasteiger charge is -2.35. The number of likely N-dealkylation sites (N-methyl/N-ethyl adjacent to an activating group) is 1. The largest absolute Gasteiger partial charge is 0.355 e. The van der Waals surface area contributed by atoms with Gasteiger partial charge in [-0.2, -0.15) is 11.8 Å². The van der Waals surface area contributed by atoms with Gasteiger partial charge < -0.3 is 10.2 Å². The van der Waals surface area contributed by atoms with Crippen LogP contribution in [0.25, 0.3) is 0 Å². The molecule has 1 aliphatic heterocycles. The van der Waals surface area contributed by atoms with Gasteiger partial charge in [0.15, 0.2) is 0 Å². The summed E-state index contributed by atoms with van der Waals surface area (Å²) < 4.78 is 0. The van der Waals surface area contributed by atoms with Crippen LogP contribution in [0.15, 0.2) is 0 Å². The maximum atomic E-state index is 11.8. The van der Waals surface area contributed by atoms with E-state index in [1.54, 1.807) is 0 Å². The Balaban J connectivity index is 2.11. The molecule has 4 nitrogen and oxygen atoms in total. The second-order valence-electron chi connectivity index (χ2n) is 6.48. The molecule has 0 aromatic heterocycles. The third-order valence-electron chi connectivity index (χ3n) is 4.34. The second-order valence-corrected chi connectivity index (χ2v) is 7.39. The van der Waals surface area contributed by atoms with Gasteiger partial charge in [-0.15, -0.1) is 0 Å². The molecule has 1 atom stereocenters. The fourth-order valence-electron chi connectivity index (χ4n) is 2.87. The third-order valence-corrected chi connectivity index (χ3v) is 5.16. The Hall–Kier alpha value is -0.260. The monoisotopic (exact) mass is 315 g/mol. The summed E-state index contributed by atoms with van der Waals surface area (Å²) in [7, 11) is 4.05. The standard InChI is InChI=1S/C16H33N3OS/c1-14(13-21-4)19-10-7-15(8-11-19)5-6-16(20)17-9-12-18(2)3/h14-15H,5-13H2,1-4H3,(H,17,20). The predicted octanol–water partition coefficient (Wildman–Crippen LogP) is 1.91. The van der Waals surface area contributed by atoms with Crippen molar-refractivity contribution in [2.75, 3.05) is 52.3 Å². The van der Waals surface area contributed by atoms with E-state index in [0.717, 1.165) is 25.4 Å². The van der Waals surface area contributed by atoms with Crippen LogP contribution in [0.5, 0.6) is 0 Å². The normalized spacial score (nSPS) is 18.9. The molecule has 0 bridgehead atoms. The first-order valence-electron chi connectivity index (χ1n) is 8.17. The van der Waals surface area contributed by atoms with Crippen LogP contribution in [0, 0.1) is 5.92 Å². The maximum Gasteiger partial charge on any atom is 0.220 e. The van der Waals surface area contributed by atoms with Gasteiger partial charge >= 0.3 is 0 Å². The first kappa shape index (κ1) is 18.8. The van der Waals surface area contributed by atoms with Gasteiger partial charge in [-0.25, -0.2) is 0 Å². The average Bonchev–Trinajstić information content (AvgIpc) is 2.45. The van der Waals surface area contributed by atoms with Crippen molar-refractivity contribution in [2.45, 2.75) is 38.6 Å². The van der Waals surface area contributed by atoms with Crippen molar-refractivity contribution in [2.24, 2.45) is 5.92 Å². The number of carbonyl (C=O) groups excluding carboxylic acids is 1. The SMILES string of the molecule is CSCC(C)N1CCC(CCC(=O)NCCN(C)C)CC1. The number of likely N-dealkylation sites (tertiary alicyclic amines) is 1. The molecule has 0 aromatic rings. The van der Waals surface area contributed by atoms with Gasteiger partial charge in [0.2, 0.25) is 5.91 Å². The zero-order chi connectivity index (χ0) is 15.7. The zero-order valence-corrected chi connectivity index (χ0v) is 15.0. The highest BCUT2D eigenvalue weighted by atomic mass is 32.2. The fourth-order valence-corrected chi connectivity index (χ4v) is 3.56. The summed E-state index contributed by atoms with van der Waals surface area (Å²) in [6, 6.07) is 0.690. The lowest BCUT2D eigenvalue weighted by Crippen LogP contribution is -2.41. The second kappa shape index (κ2) is 10.5. The van der Waals surface area contributed by atoms with Gasteiger partial charge in [-0.3, -0.25) is 9.69 Å². The Bertz CT molecular complexity index is 291. The van der Waals surface area contributed by atoms with Gasteiger partial charge in [0, 0.05) is 31.3 Å². The molecule has 124 valence electrons. The molecule has 1 unspecified atom stereocenters. The summed E-state index contributed by atoms with van der Waals surface area (Å²) in [5.41, 5.74) is 0. The smallest absolute Gasteiger partial charge is 0.220 e. The Morgan fingerprint density at radius 3 is 2.62 bits per heavy atom. The molecule has 1 heterocycles. The highest BCUT2D eigenvalue weighted by Gasteiger charge is 2.22. The van der Waals surface area contributed by atoms with Crippen molar-refractivity contribution in [1.82, 2.24) is 15.1 Å². The van der Waals surface area contributed by atoms with E-state index in [4.69, 9.17) is 0 Å². The number of piperidine rings is 1. The van der Waals surface area contributed by atoms with Gasteiger partial charge in [0.05, 0.1) is 0 Å². The van der Waals surface area contributed by atoms with Gasteiger partial charge in [-0.05, 0) is 65.5 Å². The van der Waals surface area contributed by atoms with E-state index in [2.05, 4.69) is 28.3 Å². The molecule has 0 aliphatic carbocycles. The van der Waals surface area contributed by atoms with Gasteiger partial charge in [-0.1, -0.05) is 0 Å². The highest BCUT2D eigenvalue weighted by molar-refractivity contribution is 7.98. The minimum absolute atomic E-state index is 0.218. The molecule has 0 saturated carbocycles. The number of nitrogens with one attached hydrogen (secondary N) is 1. The zero-order valence-electron chi connectivity index (χ0n) is 14.2.